The van der Waals surface area contributed by atoms with Gasteiger partial charge in [0.05, 0.1) is 4.88 Å². The molecule has 0 unspecified atom stereocenters. The minimum Gasteiger partial charge on any atom is -0.459 e. The van der Waals surface area contributed by atoms with E-state index in [1.807, 2.05) is 68.6 Å². The van der Waals surface area contributed by atoms with Gasteiger partial charge in [-0.05, 0) is 44.2 Å². The molecule has 25 heavy (non-hydrogen) atoms. The maximum Gasteiger partial charge on any atom is 0.317 e. The average Bonchev–Trinajstić information content (AvgIpc) is 3.22. The Kier molecular flexibility index (Phi) is 5.04. The van der Waals surface area contributed by atoms with Crippen LogP contribution >= 0.6 is 11.3 Å². The van der Waals surface area contributed by atoms with Crippen LogP contribution in [0, 0.1) is 0 Å². The van der Waals surface area contributed by atoms with Crippen molar-refractivity contribution in [3.05, 3.63) is 65.6 Å². The molecule has 5 heteroatoms. The second-order valence-electron chi connectivity index (χ2n) is 6.82. The fourth-order valence-corrected chi connectivity index (χ4v) is 3.33. The summed E-state index contributed by atoms with van der Waals surface area (Å²) in [7, 11) is 0. The van der Waals surface area contributed by atoms with Gasteiger partial charge in [0.25, 0.3) is 0 Å². The summed E-state index contributed by atoms with van der Waals surface area (Å²) in [6, 6.07) is 13.8. The van der Waals surface area contributed by atoms with Crippen molar-refractivity contribution in [3.63, 3.8) is 0 Å². The summed E-state index contributed by atoms with van der Waals surface area (Å²) in [5.74, 6) is -0.285. The largest absolute Gasteiger partial charge is 0.459 e. The molecule has 0 radical (unpaired) electrons. The highest BCUT2D eigenvalue weighted by Crippen LogP contribution is 2.34. The van der Waals surface area contributed by atoms with Gasteiger partial charge in [0.2, 0.25) is 0 Å². The van der Waals surface area contributed by atoms with E-state index in [1.54, 1.807) is 11.3 Å². The lowest BCUT2D eigenvalue weighted by molar-refractivity contribution is -0.157. The van der Waals surface area contributed by atoms with Gasteiger partial charge >= 0.3 is 5.97 Å². The molecule has 4 nitrogen and oxygen atoms in total. The fraction of sp³-hybridized carbons (Fsp3) is 0.300. The van der Waals surface area contributed by atoms with Crippen LogP contribution in [0.4, 0.5) is 0 Å². The number of benzene rings is 1. The first-order valence-electron chi connectivity index (χ1n) is 8.18. The number of rotatable bonds is 5. The van der Waals surface area contributed by atoms with E-state index in [-0.39, 0.29) is 5.97 Å². The van der Waals surface area contributed by atoms with Crippen molar-refractivity contribution in [1.82, 2.24) is 4.98 Å². The van der Waals surface area contributed by atoms with Crippen molar-refractivity contribution >= 4 is 17.3 Å². The number of hydrogen-bond acceptors (Lipinski definition) is 5. The number of esters is 1. The first-order chi connectivity index (χ1) is 11.9. The van der Waals surface area contributed by atoms with E-state index in [0.717, 1.165) is 10.4 Å². The summed E-state index contributed by atoms with van der Waals surface area (Å²) in [6.45, 7) is 5.60. The molecule has 0 aliphatic rings. The van der Waals surface area contributed by atoms with Crippen LogP contribution in [-0.2, 0) is 16.0 Å². The maximum absolute atomic E-state index is 12.9. The molecule has 130 valence electrons. The summed E-state index contributed by atoms with van der Waals surface area (Å²) in [5.41, 5.74) is 1.20. The Hall–Kier alpha value is -2.40. The minimum atomic E-state index is -0.560. The third-order valence-corrected chi connectivity index (χ3v) is 4.52. The highest BCUT2D eigenvalue weighted by atomic mass is 32.1. The number of oxazole rings is 1. The summed E-state index contributed by atoms with van der Waals surface area (Å²) in [6.07, 6.45) is 1.90. The van der Waals surface area contributed by atoms with Gasteiger partial charge in [-0.1, -0.05) is 36.4 Å². The van der Waals surface area contributed by atoms with Gasteiger partial charge in [0.1, 0.15) is 23.0 Å². The van der Waals surface area contributed by atoms with Crippen LogP contribution in [0.2, 0.25) is 0 Å². The van der Waals surface area contributed by atoms with E-state index in [0.29, 0.717) is 17.9 Å². The van der Waals surface area contributed by atoms with Crippen LogP contribution in [0.5, 0.6) is 0 Å². The quantitative estimate of drug-likeness (QED) is 0.600. The van der Waals surface area contributed by atoms with Gasteiger partial charge < -0.3 is 9.15 Å². The van der Waals surface area contributed by atoms with Gasteiger partial charge in [0, 0.05) is 0 Å². The SMILES string of the molecule is CC(C)(C)OC(=O)[C@@H](Cc1ccccc1)c1ocnc1-c1cccs1. The zero-order chi connectivity index (χ0) is 17.9. The summed E-state index contributed by atoms with van der Waals surface area (Å²) in [5, 5.41) is 1.98. The Labute approximate surface area is 151 Å². The molecule has 1 aromatic carbocycles. The molecule has 3 aromatic rings. The average molecular weight is 355 g/mol. The van der Waals surface area contributed by atoms with Gasteiger partial charge in [-0.25, -0.2) is 4.98 Å². The van der Waals surface area contributed by atoms with Crippen LogP contribution in [0.25, 0.3) is 10.6 Å². The number of thiophene rings is 1. The fourth-order valence-electron chi connectivity index (χ4n) is 2.61. The third-order valence-electron chi connectivity index (χ3n) is 3.64. The number of ether oxygens (including phenoxy) is 1. The Balaban J connectivity index is 1.97. The highest BCUT2D eigenvalue weighted by Gasteiger charge is 2.32. The molecule has 0 saturated heterocycles. The molecule has 0 N–H and O–H groups in total. The predicted octanol–water partition coefficient (Wildman–Crippen LogP) is 5.07. The first kappa shape index (κ1) is 17.4. The number of nitrogens with zero attached hydrogens (tertiary/aromatic N) is 1. The number of carbonyl (C=O) groups is 1. The summed E-state index contributed by atoms with van der Waals surface area (Å²) in [4.78, 5) is 18.2. The van der Waals surface area contributed by atoms with Crippen molar-refractivity contribution in [1.29, 1.82) is 0 Å². The molecule has 0 amide bonds. The molecule has 2 heterocycles. The third kappa shape index (κ3) is 4.37. The highest BCUT2D eigenvalue weighted by molar-refractivity contribution is 7.13. The van der Waals surface area contributed by atoms with E-state index in [4.69, 9.17) is 9.15 Å². The van der Waals surface area contributed by atoms with Gasteiger partial charge in [-0.3, -0.25) is 4.79 Å². The molecule has 0 spiro atoms. The smallest absolute Gasteiger partial charge is 0.317 e. The zero-order valence-corrected chi connectivity index (χ0v) is 15.4. The van der Waals surface area contributed by atoms with Crippen LogP contribution in [0.15, 0.2) is 58.7 Å². The molecular formula is C20H21NO3S. The van der Waals surface area contributed by atoms with E-state index in [2.05, 4.69) is 4.98 Å². The topological polar surface area (TPSA) is 52.3 Å². The lowest BCUT2D eigenvalue weighted by atomic mass is 9.95. The number of aromatic nitrogens is 1. The molecule has 0 saturated carbocycles. The standard InChI is InChI=1S/C20H21NO3S/c1-20(2,3)24-19(22)15(12-14-8-5-4-6-9-14)18-17(21-13-23-18)16-10-7-11-25-16/h4-11,13,15H,12H2,1-3H3/t15-/m0/s1. The van der Waals surface area contributed by atoms with Gasteiger partial charge in [0.15, 0.2) is 6.39 Å². The summed E-state index contributed by atoms with van der Waals surface area (Å²) < 4.78 is 11.3. The second kappa shape index (κ2) is 7.23. The van der Waals surface area contributed by atoms with Crippen LogP contribution in [0.3, 0.4) is 0 Å². The Morgan fingerprint density at radius 2 is 1.96 bits per heavy atom. The van der Waals surface area contributed by atoms with Crippen LogP contribution in [0.1, 0.15) is 38.0 Å². The van der Waals surface area contributed by atoms with Crippen molar-refractivity contribution in [3.8, 4) is 10.6 Å². The Morgan fingerprint density at radius 3 is 2.60 bits per heavy atom. The molecule has 0 aliphatic heterocycles. The summed E-state index contributed by atoms with van der Waals surface area (Å²) >= 11 is 1.57. The Morgan fingerprint density at radius 1 is 1.20 bits per heavy atom. The van der Waals surface area contributed by atoms with Crippen LogP contribution in [-0.4, -0.2) is 16.6 Å². The molecular weight excluding hydrogens is 334 g/mol. The lowest BCUT2D eigenvalue weighted by Gasteiger charge is -2.23. The van der Waals surface area contributed by atoms with Crippen molar-refractivity contribution in [2.45, 2.75) is 38.7 Å². The molecule has 0 aliphatic carbocycles. The van der Waals surface area contributed by atoms with Crippen LogP contribution < -0.4 is 0 Å². The number of carbonyl (C=O) groups excluding carboxylic acids is 1. The monoisotopic (exact) mass is 355 g/mol. The minimum absolute atomic E-state index is 0.300. The van der Waals surface area contributed by atoms with Gasteiger partial charge in [-0.2, -0.15) is 0 Å². The second-order valence-corrected chi connectivity index (χ2v) is 7.77. The van der Waals surface area contributed by atoms with E-state index >= 15 is 0 Å². The zero-order valence-electron chi connectivity index (χ0n) is 14.6. The van der Waals surface area contributed by atoms with E-state index < -0.39 is 11.5 Å². The normalized spacial score (nSPS) is 12.8. The molecule has 3 rings (SSSR count). The lowest BCUT2D eigenvalue weighted by Crippen LogP contribution is -2.28. The maximum atomic E-state index is 12.9. The van der Waals surface area contributed by atoms with Crippen molar-refractivity contribution in [2.24, 2.45) is 0 Å². The first-order valence-corrected chi connectivity index (χ1v) is 9.06. The molecule has 2 aromatic heterocycles. The van der Waals surface area contributed by atoms with E-state index in [9.17, 15) is 4.79 Å². The number of hydrogen-bond donors (Lipinski definition) is 0. The Bertz CT molecular complexity index is 816. The molecule has 1 atom stereocenters. The van der Waals surface area contributed by atoms with Gasteiger partial charge in [-0.15, -0.1) is 11.3 Å². The molecule has 0 fully saturated rings. The van der Waals surface area contributed by atoms with E-state index in [1.165, 1.54) is 6.39 Å². The predicted molar refractivity (Wildman–Crippen MR) is 98.5 cm³/mol. The van der Waals surface area contributed by atoms with Crippen molar-refractivity contribution < 1.29 is 13.9 Å². The molecule has 0 bridgehead atoms. The van der Waals surface area contributed by atoms with Crippen molar-refractivity contribution in [2.75, 3.05) is 0 Å².